The van der Waals surface area contributed by atoms with Gasteiger partial charge in [-0.2, -0.15) is 0 Å². The molecule has 0 bridgehead atoms. The zero-order valence-corrected chi connectivity index (χ0v) is 16.7. The summed E-state index contributed by atoms with van der Waals surface area (Å²) in [4.78, 5) is 17.3. The van der Waals surface area contributed by atoms with Crippen molar-refractivity contribution >= 4 is 32.8 Å². The smallest absolute Gasteiger partial charge is 0.254 e. The average Bonchev–Trinajstić information content (AvgIpc) is 3.08. The molecule has 1 aliphatic rings. The number of nitrogens with zero attached hydrogens (tertiary/aromatic N) is 2. The highest BCUT2D eigenvalue weighted by atomic mass is 79.9. The molecule has 1 aromatic heterocycles. The minimum Gasteiger partial charge on any atom is -0.496 e. The van der Waals surface area contributed by atoms with Crippen molar-refractivity contribution < 1.29 is 13.9 Å². The molecular formula is C21H21BrN2O3. The summed E-state index contributed by atoms with van der Waals surface area (Å²) in [6, 6.07) is 15.9. The van der Waals surface area contributed by atoms with Gasteiger partial charge in [0.25, 0.3) is 5.91 Å². The van der Waals surface area contributed by atoms with Crippen LogP contribution in [0.2, 0.25) is 0 Å². The van der Waals surface area contributed by atoms with Crippen LogP contribution >= 0.6 is 15.9 Å². The number of hydrogen-bond acceptors (Lipinski definition) is 4. The van der Waals surface area contributed by atoms with Gasteiger partial charge in [-0.05, 0) is 33.6 Å². The lowest BCUT2D eigenvalue weighted by atomic mass is 10.1. The second-order valence-corrected chi connectivity index (χ2v) is 7.48. The lowest BCUT2D eigenvalue weighted by Gasteiger charge is -2.34. The Balaban J connectivity index is 1.45. The van der Waals surface area contributed by atoms with E-state index in [0.717, 1.165) is 25.0 Å². The number of hydrogen-bond donors (Lipinski definition) is 0. The summed E-state index contributed by atoms with van der Waals surface area (Å²) in [5.74, 6) is 0.662. The van der Waals surface area contributed by atoms with Crippen molar-refractivity contribution in [2.75, 3.05) is 33.3 Å². The Hall–Kier alpha value is -2.31. The van der Waals surface area contributed by atoms with Crippen LogP contribution in [0.1, 0.15) is 15.9 Å². The van der Waals surface area contributed by atoms with Gasteiger partial charge in [0.05, 0.1) is 12.5 Å². The lowest BCUT2D eigenvalue weighted by molar-refractivity contribution is 0.0628. The van der Waals surface area contributed by atoms with Gasteiger partial charge in [0.15, 0.2) is 4.67 Å². The minimum atomic E-state index is 0.0158. The first-order valence-corrected chi connectivity index (χ1v) is 9.76. The summed E-state index contributed by atoms with van der Waals surface area (Å²) in [6.07, 6.45) is 0. The summed E-state index contributed by atoms with van der Waals surface area (Å²) >= 11 is 3.34. The van der Waals surface area contributed by atoms with Gasteiger partial charge in [0.2, 0.25) is 0 Å². The quantitative estimate of drug-likeness (QED) is 0.625. The van der Waals surface area contributed by atoms with Crippen LogP contribution in [0.4, 0.5) is 0 Å². The second kappa shape index (κ2) is 7.74. The number of carbonyl (C=O) groups is 1. The number of carbonyl (C=O) groups excluding carboxylic acids is 1. The van der Waals surface area contributed by atoms with Crippen LogP contribution in [0, 0.1) is 0 Å². The number of ether oxygens (including phenoxy) is 1. The molecule has 1 saturated heterocycles. The first-order chi connectivity index (χ1) is 13.1. The van der Waals surface area contributed by atoms with Crippen molar-refractivity contribution in [1.29, 1.82) is 0 Å². The molecule has 1 aliphatic heterocycles. The van der Waals surface area contributed by atoms with Crippen molar-refractivity contribution in [1.82, 2.24) is 9.80 Å². The third-order valence-corrected chi connectivity index (χ3v) is 5.34. The van der Waals surface area contributed by atoms with E-state index in [-0.39, 0.29) is 5.91 Å². The Labute approximate surface area is 166 Å². The van der Waals surface area contributed by atoms with E-state index in [4.69, 9.17) is 9.15 Å². The Kier molecular flexibility index (Phi) is 5.18. The number of furan rings is 1. The van der Waals surface area contributed by atoms with E-state index < -0.39 is 0 Å². The molecule has 0 aliphatic carbocycles. The van der Waals surface area contributed by atoms with Crippen molar-refractivity contribution in [3.05, 3.63) is 64.3 Å². The number of fused-ring (bicyclic) bond motifs is 1. The summed E-state index contributed by atoms with van der Waals surface area (Å²) in [5.41, 5.74) is 2.54. The maximum absolute atomic E-state index is 13.0. The standard InChI is InChI=1S/C21H21BrN2O3/c1-26-18-11-16(12-19-17(18)13-20(22)27-19)21(25)24-9-7-23(8-10-24)14-15-5-3-2-4-6-15/h2-6,11-13H,7-10,14H2,1H3. The molecule has 3 aromatic rings. The maximum Gasteiger partial charge on any atom is 0.254 e. The fraction of sp³-hybridized carbons (Fsp3) is 0.286. The molecule has 1 amide bonds. The highest BCUT2D eigenvalue weighted by molar-refractivity contribution is 9.10. The molecule has 0 spiro atoms. The summed E-state index contributed by atoms with van der Waals surface area (Å²) in [7, 11) is 1.60. The lowest BCUT2D eigenvalue weighted by Crippen LogP contribution is -2.48. The number of rotatable bonds is 4. The van der Waals surface area contributed by atoms with Gasteiger partial charge in [-0.25, -0.2) is 0 Å². The molecule has 4 rings (SSSR count). The highest BCUT2D eigenvalue weighted by Crippen LogP contribution is 2.33. The normalized spacial score (nSPS) is 15.3. The monoisotopic (exact) mass is 428 g/mol. The zero-order chi connectivity index (χ0) is 18.8. The van der Waals surface area contributed by atoms with Crippen LogP contribution in [-0.2, 0) is 6.54 Å². The Morgan fingerprint density at radius 1 is 1.11 bits per heavy atom. The van der Waals surface area contributed by atoms with E-state index in [1.54, 1.807) is 19.2 Å². The highest BCUT2D eigenvalue weighted by Gasteiger charge is 2.23. The molecule has 2 aromatic carbocycles. The number of benzene rings is 2. The largest absolute Gasteiger partial charge is 0.496 e. The molecule has 0 saturated carbocycles. The van der Waals surface area contributed by atoms with E-state index in [2.05, 4.69) is 45.1 Å². The van der Waals surface area contributed by atoms with Gasteiger partial charge in [-0.3, -0.25) is 9.69 Å². The molecule has 0 radical (unpaired) electrons. The molecule has 27 heavy (non-hydrogen) atoms. The number of amides is 1. The fourth-order valence-corrected chi connectivity index (χ4v) is 3.90. The fourth-order valence-electron chi connectivity index (χ4n) is 3.50. The van der Waals surface area contributed by atoms with Crippen LogP contribution in [0.3, 0.4) is 0 Å². The Morgan fingerprint density at radius 2 is 1.85 bits per heavy atom. The van der Waals surface area contributed by atoms with Crippen LogP contribution < -0.4 is 4.74 Å². The Morgan fingerprint density at radius 3 is 2.56 bits per heavy atom. The first kappa shape index (κ1) is 18.1. The molecule has 0 unspecified atom stereocenters. The Bertz CT molecular complexity index is 947. The summed E-state index contributed by atoms with van der Waals surface area (Å²) in [6.45, 7) is 4.09. The molecule has 0 N–H and O–H groups in total. The van der Waals surface area contributed by atoms with E-state index in [9.17, 15) is 4.79 Å². The molecule has 0 atom stereocenters. The van der Waals surface area contributed by atoms with Crippen LogP contribution in [0.5, 0.6) is 5.75 Å². The van der Waals surface area contributed by atoms with Gasteiger partial charge < -0.3 is 14.1 Å². The van der Waals surface area contributed by atoms with E-state index in [0.29, 0.717) is 34.7 Å². The number of methoxy groups -OCH3 is 1. The van der Waals surface area contributed by atoms with Gasteiger partial charge in [0, 0.05) is 44.4 Å². The van der Waals surface area contributed by atoms with Crippen LogP contribution in [0.15, 0.2) is 57.6 Å². The molecular weight excluding hydrogens is 408 g/mol. The predicted molar refractivity (Wildman–Crippen MR) is 108 cm³/mol. The van der Waals surface area contributed by atoms with E-state index in [1.165, 1.54) is 5.56 Å². The average molecular weight is 429 g/mol. The van der Waals surface area contributed by atoms with Gasteiger partial charge in [-0.1, -0.05) is 30.3 Å². The summed E-state index contributed by atoms with van der Waals surface area (Å²) in [5, 5.41) is 0.855. The maximum atomic E-state index is 13.0. The van der Waals surface area contributed by atoms with E-state index >= 15 is 0 Å². The SMILES string of the molecule is COc1cc(C(=O)N2CCN(Cc3ccccc3)CC2)cc2oc(Br)cc12. The zero-order valence-electron chi connectivity index (χ0n) is 15.2. The van der Waals surface area contributed by atoms with Crippen LogP contribution in [0.25, 0.3) is 11.0 Å². The molecule has 1 fully saturated rings. The number of halogens is 1. The molecule has 6 heteroatoms. The first-order valence-electron chi connectivity index (χ1n) is 8.96. The molecule has 140 valence electrons. The third kappa shape index (κ3) is 3.87. The van der Waals surface area contributed by atoms with Gasteiger partial charge in [0.1, 0.15) is 11.3 Å². The molecule has 2 heterocycles. The van der Waals surface area contributed by atoms with Gasteiger partial charge in [-0.15, -0.1) is 0 Å². The van der Waals surface area contributed by atoms with E-state index in [1.807, 2.05) is 17.0 Å². The number of piperazine rings is 1. The minimum absolute atomic E-state index is 0.0158. The second-order valence-electron chi connectivity index (χ2n) is 6.69. The topological polar surface area (TPSA) is 45.9 Å². The molecule has 5 nitrogen and oxygen atoms in total. The van der Waals surface area contributed by atoms with Crippen molar-refractivity contribution in [3.63, 3.8) is 0 Å². The van der Waals surface area contributed by atoms with Crippen LogP contribution in [-0.4, -0.2) is 49.0 Å². The predicted octanol–water partition coefficient (Wildman–Crippen LogP) is 4.16. The van der Waals surface area contributed by atoms with Crippen molar-refractivity contribution in [3.8, 4) is 5.75 Å². The van der Waals surface area contributed by atoms with Crippen molar-refractivity contribution in [2.45, 2.75) is 6.54 Å². The summed E-state index contributed by atoms with van der Waals surface area (Å²) < 4.78 is 11.7. The third-order valence-electron chi connectivity index (χ3n) is 4.94. The van der Waals surface area contributed by atoms with Gasteiger partial charge >= 0.3 is 0 Å². The van der Waals surface area contributed by atoms with Crippen molar-refractivity contribution in [2.24, 2.45) is 0 Å².